The first kappa shape index (κ1) is 22.9. The number of nitrogens with one attached hydrogen (secondary N) is 1. The van der Waals surface area contributed by atoms with Gasteiger partial charge in [0, 0.05) is 57.4 Å². The quantitative estimate of drug-likeness (QED) is 0.712. The molecule has 0 spiro atoms. The normalized spacial score (nSPS) is 15.1. The third kappa shape index (κ3) is 7.89. The first-order chi connectivity index (χ1) is 13.7. The van der Waals surface area contributed by atoms with Crippen LogP contribution in [0.5, 0.6) is 5.75 Å². The highest BCUT2D eigenvalue weighted by Gasteiger charge is 2.16. The maximum Gasteiger partial charge on any atom is 0.225 e. The number of ether oxygens (including phenoxy) is 1. The Morgan fingerprint density at radius 1 is 1.03 bits per heavy atom. The lowest BCUT2D eigenvalue weighted by molar-refractivity contribution is -0.116. The Bertz CT molecular complexity index is 775. The maximum atomic E-state index is 12.2. The minimum Gasteiger partial charge on any atom is -0.497 e. The van der Waals surface area contributed by atoms with E-state index in [1.807, 2.05) is 30.3 Å². The lowest BCUT2D eigenvalue weighted by Crippen LogP contribution is -2.46. The molecule has 1 fully saturated rings. The van der Waals surface area contributed by atoms with Crippen LogP contribution in [0.4, 0.5) is 5.69 Å². The molecule has 0 saturated carbocycles. The van der Waals surface area contributed by atoms with Crippen LogP contribution in [0.3, 0.4) is 0 Å². The molecule has 29 heavy (non-hydrogen) atoms. The zero-order valence-electron chi connectivity index (χ0n) is 16.9. The Hall–Kier alpha value is -2.34. The number of anilines is 1. The van der Waals surface area contributed by atoms with E-state index in [1.165, 1.54) is 5.56 Å². The minimum atomic E-state index is 0. The van der Waals surface area contributed by atoms with Gasteiger partial charge in [-0.15, -0.1) is 12.4 Å². The molecule has 1 heterocycles. The molecule has 0 atom stereocenters. The van der Waals surface area contributed by atoms with Gasteiger partial charge in [0.25, 0.3) is 0 Å². The summed E-state index contributed by atoms with van der Waals surface area (Å²) in [6.45, 7) is 5.85. The molecule has 1 aliphatic rings. The van der Waals surface area contributed by atoms with Crippen LogP contribution in [-0.2, 0) is 4.79 Å². The standard InChI is InChI=1S/C23H29N3O2.ClH/c1-28-22-11-5-10-21(19-22)24-23(27)12-14-26-17-15-25(16-18-26)13-6-9-20-7-3-2-4-8-20;/h2-11,19H,12-18H2,1H3,(H,24,27);1H. The van der Waals surface area contributed by atoms with Crippen molar-refractivity contribution in [3.8, 4) is 5.75 Å². The molecule has 0 aromatic heterocycles. The highest BCUT2D eigenvalue weighted by molar-refractivity contribution is 5.91. The summed E-state index contributed by atoms with van der Waals surface area (Å²) in [7, 11) is 1.62. The van der Waals surface area contributed by atoms with Gasteiger partial charge in [-0.25, -0.2) is 0 Å². The largest absolute Gasteiger partial charge is 0.497 e. The second-order valence-corrected chi connectivity index (χ2v) is 6.99. The Morgan fingerprint density at radius 2 is 1.76 bits per heavy atom. The number of halogens is 1. The lowest BCUT2D eigenvalue weighted by Gasteiger charge is -2.34. The molecule has 6 heteroatoms. The van der Waals surface area contributed by atoms with E-state index in [4.69, 9.17) is 4.74 Å². The number of carbonyl (C=O) groups excluding carboxylic acids is 1. The summed E-state index contributed by atoms with van der Waals surface area (Å²) in [6, 6.07) is 17.8. The van der Waals surface area contributed by atoms with Crippen LogP contribution < -0.4 is 10.1 Å². The predicted molar refractivity (Wildman–Crippen MR) is 122 cm³/mol. The summed E-state index contributed by atoms with van der Waals surface area (Å²) in [5, 5.41) is 2.94. The molecule has 2 aromatic carbocycles. The van der Waals surface area contributed by atoms with Crippen LogP contribution >= 0.6 is 12.4 Å². The van der Waals surface area contributed by atoms with Gasteiger partial charge < -0.3 is 15.0 Å². The van der Waals surface area contributed by atoms with Crippen molar-refractivity contribution in [1.82, 2.24) is 9.80 Å². The number of piperazine rings is 1. The summed E-state index contributed by atoms with van der Waals surface area (Å²) in [6.07, 6.45) is 4.91. The topological polar surface area (TPSA) is 44.8 Å². The molecule has 156 valence electrons. The van der Waals surface area contributed by atoms with Crippen molar-refractivity contribution < 1.29 is 9.53 Å². The molecule has 1 aliphatic heterocycles. The van der Waals surface area contributed by atoms with Crippen LogP contribution in [-0.4, -0.2) is 62.1 Å². The fourth-order valence-electron chi connectivity index (χ4n) is 3.28. The average molecular weight is 416 g/mol. The summed E-state index contributed by atoms with van der Waals surface area (Å²) >= 11 is 0. The first-order valence-electron chi connectivity index (χ1n) is 9.83. The van der Waals surface area contributed by atoms with E-state index in [-0.39, 0.29) is 18.3 Å². The molecular weight excluding hydrogens is 386 g/mol. The van der Waals surface area contributed by atoms with Crippen LogP contribution in [0.1, 0.15) is 12.0 Å². The van der Waals surface area contributed by atoms with Gasteiger partial charge in [-0.1, -0.05) is 48.6 Å². The van der Waals surface area contributed by atoms with Crippen molar-refractivity contribution in [1.29, 1.82) is 0 Å². The smallest absolute Gasteiger partial charge is 0.225 e. The monoisotopic (exact) mass is 415 g/mol. The highest BCUT2D eigenvalue weighted by atomic mass is 35.5. The Kier molecular flexibility index (Phi) is 9.71. The van der Waals surface area contributed by atoms with Crippen LogP contribution in [0.25, 0.3) is 6.08 Å². The van der Waals surface area contributed by atoms with Crippen molar-refractivity contribution in [3.05, 3.63) is 66.2 Å². The molecule has 5 nitrogen and oxygen atoms in total. The third-order valence-electron chi connectivity index (χ3n) is 4.95. The summed E-state index contributed by atoms with van der Waals surface area (Å²) in [5.74, 6) is 0.789. The van der Waals surface area contributed by atoms with E-state index in [1.54, 1.807) is 7.11 Å². The second kappa shape index (κ2) is 12.3. The number of hydrogen-bond acceptors (Lipinski definition) is 4. The number of nitrogens with zero attached hydrogens (tertiary/aromatic N) is 2. The SMILES string of the molecule is COc1cccc(NC(=O)CCN2CCN(CC=Cc3ccccc3)CC2)c1.Cl. The van der Waals surface area contributed by atoms with Gasteiger partial charge in [-0.05, 0) is 17.7 Å². The van der Waals surface area contributed by atoms with E-state index in [0.29, 0.717) is 6.42 Å². The molecule has 1 amide bonds. The number of amides is 1. The van der Waals surface area contributed by atoms with E-state index < -0.39 is 0 Å². The van der Waals surface area contributed by atoms with Crippen molar-refractivity contribution in [2.45, 2.75) is 6.42 Å². The van der Waals surface area contributed by atoms with Gasteiger partial charge in [0.1, 0.15) is 5.75 Å². The Labute approximate surface area is 179 Å². The summed E-state index contributed by atoms with van der Waals surface area (Å²) in [5.41, 5.74) is 2.02. The van der Waals surface area contributed by atoms with Crippen LogP contribution in [0.2, 0.25) is 0 Å². The molecule has 1 saturated heterocycles. The van der Waals surface area contributed by atoms with E-state index in [2.05, 4.69) is 51.5 Å². The third-order valence-corrected chi connectivity index (χ3v) is 4.95. The van der Waals surface area contributed by atoms with Gasteiger partial charge in [0.2, 0.25) is 5.91 Å². The molecule has 0 unspecified atom stereocenters. The average Bonchev–Trinajstić information content (AvgIpc) is 2.74. The molecule has 0 bridgehead atoms. The van der Waals surface area contributed by atoms with Crippen molar-refractivity contribution in [3.63, 3.8) is 0 Å². The van der Waals surface area contributed by atoms with Crippen LogP contribution in [0, 0.1) is 0 Å². The number of methoxy groups -OCH3 is 1. The van der Waals surface area contributed by atoms with Crippen molar-refractivity contribution >= 4 is 30.1 Å². The number of carbonyl (C=O) groups is 1. The number of benzene rings is 2. The molecule has 0 radical (unpaired) electrons. The van der Waals surface area contributed by atoms with Crippen LogP contribution in [0.15, 0.2) is 60.7 Å². The molecule has 3 rings (SSSR count). The molecule has 1 N–H and O–H groups in total. The van der Waals surface area contributed by atoms with E-state index >= 15 is 0 Å². The molecule has 0 aliphatic carbocycles. The number of hydrogen-bond donors (Lipinski definition) is 1. The van der Waals surface area contributed by atoms with Gasteiger partial charge in [-0.2, -0.15) is 0 Å². The van der Waals surface area contributed by atoms with Crippen molar-refractivity contribution in [2.75, 3.05) is 51.7 Å². The van der Waals surface area contributed by atoms with Gasteiger partial charge >= 0.3 is 0 Å². The summed E-state index contributed by atoms with van der Waals surface area (Å²) in [4.78, 5) is 17.0. The van der Waals surface area contributed by atoms with Gasteiger partial charge in [0.15, 0.2) is 0 Å². The highest BCUT2D eigenvalue weighted by Crippen LogP contribution is 2.16. The summed E-state index contributed by atoms with van der Waals surface area (Å²) < 4.78 is 5.19. The number of rotatable bonds is 8. The lowest BCUT2D eigenvalue weighted by atomic mass is 10.2. The second-order valence-electron chi connectivity index (χ2n) is 6.99. The predicted octanol–water partition coefficient (Wildman–Crippen LogP) is 3.78. The van der Waals surface area contributed by atoms with Crippen molar-refractivity contribution in [2.24, 2.45) is 0 Å². The first-order valence-corrected chi connectivity index (χ1v) is 9.83. The van der Waals surface area contributed by atoms with E-state index in [0.717, 1.165) is 50.7 Å². The fraction of sp³-hybridized carbons (Fsp3) is 0.348. The van der Waals surface area contributed by atoms with Gasteiger partial charge in [-0.3, -0.25) is 9.69 Å². The maximum absolute atomic E-state index is 12.2. The molecule has 2 aromatic rings. The Balaban J connectivity index is 0.00000300. The fourth-order valence-corrected chi connectivity index (χ4v) is 3.28. The van der Waals surface area contributed by atoms with Gasteiger partial charge in [0.05, 0.1) is 7.11 Å². The minimum absolute atomic E-state index is 0. The van der Waals surface area contributed by atoms with E-state index in [9.17, 15) is 4.79 Å². The molecular formula is C23H30ClN3O2. The Morgan fingerprint density at radius 3 is 2.48 bits per heavy atom. The zero-order chi connectivity index (χ0) is 19.6. The zero-order valence-corrected chi connectivity index (χ0v) is 17.7.